The summed E-state index contributed by atoms with van der Waals surface area (Å²) >= 11 is 0. The SMILES string of the molecule is CN1CCCC(c2ncc3c(n2)CCN(C(=O)CC2CCCCC2)C3)C1. The summed E-state index contributed by atoms with van der Waals surface area (Å²) in [4.78, 5) is 26.7. The van der Waals surface area contributed by atoms with E-state index in [4.69, 9.17) is 4.98 Å². The van der Waals surface area contributed by atoms with Gasteiger partial charge in [0.1, 0.15) is 5.82 Å². The second kappa shape index (κ2) is 8.03. The van der Waals surface area contributed by atoms with Crippen molar-refractivity contribution < 1.29 is 4.79 Å². The van der Waals surface area contributed by atoms with Gasteiger partial charge in [0.25, 0.3) is 0 Å². The van der Waals surface area contributed by atoms with Gasteiger partial charge in [0, 0.05) is 50.2 Å². The highest BCUT2D eigenvalue weighted by molar-refractivity contribution is 5.76. The Hall–Kier alpha value is -1.49. The molecule has 0 spiro atoms. The predicted octanol–water partition coefficient (Wildman–Crippen LogP) is 3.14. The lowest BCUT2D eigenvalue weighted by molar-refractivity contribution is -0.133. The van der Waals surface area contributed by atoms with Gasteiger partial charge in [-0.15, -0.1) is 0 Å². The van der Waals surface area contributed by atoms with Crippen molar-refractivity contribution in [3.63, 3.8) is 0 Å². The van der Waals surface area contributed by atoms with Gasteiger partial charge in [-0.25, -0.2) is 9.97 Å². The van der Waals surface area contributed by atoms with Crippen LogP contribution in [-0.4, -0.2) is 52.4 Å². The van der Waals surface area contributed by atoms with Gasteiger partial charge >= 0.3 is 0 Å². The number of aromatic nitrogens is 2. The van der Waals surface area contributed by atoms with Crippen LogP contribution < -0.4 is 0 Å². The molecule has 2 aliphatic heterocycles. The second-order valence-electron chi connectivity index (χ2n) is 8.57. The number of likely N-dealkylation sites (N-methyl/N-ethyl adjacent to an activating group) is 1. The molecule has 1 amide bonds. The molecule has 1 saturated heterocycles. The van der Waals surface area contributed by atoms with Crippen LogP contribution in [0.4, 0.5) is 0 Å². The molecule has 26 heavy (non-hydrogen) atoms. The van der Waals surface area contributed by atoms with E-state index in [1.54, 1.807) is 0 Å². The van der Waals surface area contributed by atoms with Gasteiger partial charge < -0.3 is 9.80 Å². The van der Waals surface area contributed by atoms with Gasteiger partial charge in [-0.05, 0) is 45.2 Å². The lowest BCUT2D eigenvalue weighted by Gasteiger charge is -2.32. The minimum atomic E-state index is 0.334. The highest BCUT2D eigenvalue weighted by atomic mass is 16.2. The fourth-order valence-corrected chi connectivity index (χ4v) is 4.89. The number of likely N-dealkylation sites (tertiary alicyclic amines) is 1. The molecule has 0 radical (unpaired) electrons. The van der Waals surface area contributed by atoms with Crippen molar-refractivity contribution in [2.75, 3.05) is 26.7 Å². The van der Waals surface area contributed by atoms with E-state index >= 15 is 0 Å². The number of carbonyl (C=O) groups is 1. The predicted molar refractivity (Wildman–Crippen MR) is 102 cm³/mol. The summed E-state index contributed by atoms with van der Waals surface area (Å²) in [6.45, 7) is 3.76. The van der Waals surface area contributed by atoms with Crippen molar-refractivity contribution in [1.82, 2.24) is 19.8 Å². The number of nitrogens with zero attached hydrogens (tertiary/aromatic N) is 4. The molecular formula is C21H32N4O. The van der Waals surface area contributed by atoms with Crippen LogP contribution in [0.1, 0.15) is 74.4 Å². The molecular weight excluding hydrogens is 324 g/mol. The van der Waals surface area contributed by atoms with E-state index in [-0.39, 0.29) is 0 Å². The zero-order valence-corrected chi connectivity index (χ0v) is 16.1. The van der Waals surface area contributed by atoms with Gasteiger partial charge in [-0.1, -0.05) is 19.3 Å². The molecule has 1 unspecified atom stereocenters. The Morgan fingerprint density at radius 3 is 2.81 bits per heavy atom. The summed E-state index contributed by atoms with van der Waals surface area (Å²) in [5.74, 6) is 2.42. The summed E-state index contributed by atoms with van der Waals surface area (Å²) < 4.78 is 0. The highest BCUT2D eigenvalue weighted by Crippen LogP contribution is 2.29. The van der Waals surface area contributed by atoms with Gasteiger partial charge in [0.15, 0.2) is 0 Å². The number of piperidine rings is 1. The summed E-state index contributed by atoms with van der Waals surface area (Å²) in [6.07, 6.45) is 12.4. The Morgan fingerprint density at radius 2 is 2.00 bits per heavy atom. The Morgan fingerprint density at radius 1 is 1.15 bits per heavy atom. The number of fused-ring (bicyclic) bond motifs is 1. The minimum Gasteiger partial charge on any atom is -0.338 e. The monoisotopic (exact) mass is 356 g/mol. The van der Waals surface area contributed by atoms with Crippen LogP contribution in [0.5, 0.6) is 0 Å². The number of amides is 1. The third-order valence-electron chi connectivity index (χ3n) is 6.48. The van der Waals surface area contributed by atoms with Crippen molar-refractivity contribution >= 4 is 5.91 Å². The van der Waals surface area contributed by atoms with Gasteiger partial charge in [-0.3, -0.25) is 4.79 Å². The maximum Gasteiger partial charge on any atom is 0.223 e. The van der Waals surface area contributed by atoms with E-state index in [0.29, 0.717) is 24.3 Å². The number of carbonyl (C=O) groups excluding carboxylic acids is 1. The molecule has 0 N–H and O–H groups in total. The Bertz CT molecular complexity index is 641. The summed E-state index contributed by atoms with van der Waals surface area (Å²) in [7, 11) is 2.18. The molecule has 1 aliphatic carbocycles. The first kappa shape index (κ1) is 17.9. The van der Waals surface area contributed by atoms with E-state index in [0.717, 1.165) is 37.3 Å². The molecule has 3 heterocycles. The lowest BCUT2D eigenvalue weighted by Crippen LogP contribution is -2.38. The normalized spacial score (nSPS) is 25.1. The number of hydrogen-bond donors (Lipinski definition) is 0. The summed E-state index contributed by atoms with van der Waals surface area (Å²) in [5.41, 5.74) is 2.33. The number of rotatable bonds is 3. The Labute approximate surface area is 157 Å². The van der Waals surface area contributed by atoms with Crippen molar-refractivity contribution in [2.45, 2.75) is 70.3 Å². The molecule has 0 aromatic carbocycles. The van der Waals surface area contributed by atoms with Crippen molar-refractivity contribution in [3.8, 4) is 0 Å². The first-order valence-electron chi connectivity index (χ1n) is 10.5. The molecule has 5 heteroatoms. The zero-order chi connectivity index (χ0) is 17.9. The third kappa shape index (κ3) is 4.08. The third-order valence-corrected chi connectivity index (χ3v) is 6.48. The molecule has 1 aromatic heterocycles. The smallest absolute Gasteiger partial charge is 0.223 e. The number of hydrogen-bond acceptors (Lipinski definition) is 4. The van der Waals surface area contributed by atoms with Crippen LogP contribution in [0.25, 0.3) is 0 Å². The van der Waals surface area contributed by atoms with Gasteiger partial charge in [-0.2, -0.15) is 0 Å². The highest BCUT2D eigenvalue weighted by Gasteiger charge is 2.27. The summed E-state index contributed by atoms with van der Waals surface area (Å²) in [5, 5.41) is 0. The topological polar surface area (TPSA) is 49.3 Å². The molecule has 3 aliphatic rings. The summed E-state index contributed by atoms with van der Waals surface area (Å²) in [6, 6.07) is 0. The maximum absolute atomic E-state index is 12.7. The Balaban J connectivity index is 1.38. The minimum absolute atomic E-state index is 0.334. The quantitative estimate of drug-likeness (QED) is 0.835. The van der Waals surface area contributed by atoms with E-state index in [1.165, 1.54) is 57.2 Å². The van der Waals surface area contributed by atoms with Crippen LogP contribution in [0, 0.1) is 5.92 Å². The molecule has 1 atom stereocenters. The van der Waals surface area contributed by atoms with E-state index in [2.05, 4.69) is 16.9 Å². The maximum atomic E-state index is 12.7. The van der Waals surface area contributed by atoms with Crippen molar-refractivity contribution in [1.29, 1.82) is 0 Å². The second-order valence-corrected chi connectivity index (χ2v) is 8.57. The standard InChI is InChI=1S/C21H32N4O/c1-24-10-5-8-17(14-24)21-22-13-18-15-25(11-9-19(18)23-21)20(26)12-16-6-3-2-4-7-16/h13,16-17H,2-12,14-15H2,1H3. The average molecular weight is 357 g/mol. The first-order chi connectivity index (χ1) is 12.7. The molecule has 1 saturated carbocycles. The Kier molecular flexibility index (Phi) is 5.53. The average Bonchev–Trinajstić information content (AvgIpc) is 2.68. The van der Waals surface area contributed by atoms with Gasteiger partial charge in [0.05, 0.1) is 5.69 Å². The van der Waals surface area contributed by atoms with E-state index in [9.17, 15) is 4.79 Å². The van der Waals surface area contributed by atoms with Gasteiger partial charge in [0.2, 0.25) is 5.91 Å². The molecule has 142 valence electrons. The van der Waals surface area contributed by atoms with Crippen LogP contribution in [0.15, 0.2) is 6.20 Å². The van der Waals surface area contributed by atoms with E-state index in [1.807, 2.05) is 11.1 Å². The van der Waals surface area contributed by atoms with E-state index < -0.39 is 0 Å². The molecule has 1 aromatic rings. The largest absolute Gasteiger partial charge is 0.338 e. The molecule has 0 bridgehead atoms. The molecule has 2 fully saturated rings. The van der Waals surface area contributed by atoms with Crippen LogP contribution in [-0.2, 0) is 17.8 Å². The van der Waals surface area contributed by atoms with Crippen LogP contribution in [0.2, 0.25) is 0 Å². The van der Waals surface area contributed by atoms with Crippen LogP contribution >= 0.6 is 0 Å². The molecule has 5 nitrogen and oxygen atoms in total. The first-order valence-corrected chi connectivity index (χ1v) is 10.5. The lowest BCUT2D eigenvalue weighted by atomic mass is 9.86. The van der Waals surface area contributed by atoms with Crippen molar-refractivity contribution in [3.05, 3.63) is 23.3 Å². The fraction of sp³-hybridized carbons (Fsp3) is 0.762. The molecule has 4 rings (SSSR count). The zero-order valence-electron chi connectivity index (χ0n) is 16.1. The van der Waals surface area contributed by atoms with Crippen molar-refractivity contribution in [2.24, 2.45) is 5.92 Å². The van der Waals surface area contributed by atoms with Crippen LogP contribution in [0.3, 0.4) is 0 Å². The fourth-order valence-electron chi connectivity index (χ4n) is 4.89.